The molecule has 0 aromatic heterocycles. The van der Waals surface area contributed by atoms with Crippen molar-refractivity contribution in [1.29, 1.82) is 0 Å². The topological polar surface area (TPSA) is 37.3 Å². The van der Waals surface area contributed by atoms with E-state index in [0.717, 1.165) is 6.07 Å². The Morgan fingerprint density at radius 1 is 1.50 bits per heavy atom. The van der Waals surface area contributed by atoms with Crippen molar-refractivity contribution in [3.05, 3.63) is 34.6 Å². The molecule has 1 rings (SSSR count). The van der Waals surface area contributed by atoms with Crippen molar-refractivity contribution in [2.24, 2.45) is 0 Å². The Bertz CT molecular complexity index is 283. The average Bonchev–Trinajstić information content (AvgIpc) is 1.85. The summed E-state index contributed by atoms with van der Waals surface area (Å²) >= 11 is 5.40. The van der Waals surface area contributed by atoms with Crippen LogP contribution in [-0.2, 0) is 0 Å². The van der Waals surface area contributed by atoms with Gasteiger partial charge in [-0.05, 0) is 12.1 Å². The van der Waals surface area contributed by atoms with E-state index in [2.05, 4.69) is 0 Å². The SMILES string of the molecule is O=C(O)c1c(F)cccc1Cl.[NaH]. The van der Waals surface area contributed by atoms with Gasteiger partial charge in [0.05, 0.1) is 5.02 Å². The van der Waals surface area contributed by atoms with E-state index in [4.69, 9.17) is 16.7 Å². The minimum absolute atomic E-state index is 0. The number of carbonyl (C=O) groups is 1. The van der Waals surface area contributed by atoms with Gasteiger partial charge in [0, 0.05) is 0 Å². The van der Waals surface area contributed by atoms with E-state index < -0.39 is 17.3 Å². The molecule has 5 heteroatoms. The zero-order valence-electron chi connectivity index (χ0n) is 5.34. The third-order valence-corrected chi connectivity index (χ3v) is 1.49. The van der Waals surface area contributed by atoms with E-state index in [0.29, 0.717) is 0 Å². The fourth-order valence-electron chi connectivity index (χ4n) is 0.702. The van der Waals surface area contributed by atoms with Gasteiger partial charge >= 0.3 is 35.5 Å². The second-order valence-corrected chi connectivity index (χ2v) is 2.31. The fourth-order valence-corrected chi connectivity index (χ4v) is 0.946. The molecule has 60 valence electrons. The van der Waals surface area contributed by atoms with Crippen LogP contribution in [0.15, 0.2) is 18.2 Å². The van der Waals surface area contributed by atoms with Crippen molar-refractivity contribution in [2.45, 2.75) is 0 Å². The molecule has 0 fully saturated rings. The molecule has 0 saturated carbocycles. The summed E-state index contributed by atoms with van der Waals surface area (Å²) in [5, 5.41) is 8.34. The Kier molecular flexibility index (Phi) is 4.78. The Labute approximate surface area is 95.6 Å². The van der Waals surface area contributed by atoms with Crippen LogP contribution >= 0.6 is 11.6 Å². The summed E-state index contributed by atoms with van der Waals surface area (Å²) in [5.41, 5.74) is -0.478. The van der Waals surface area contributed by atoms with Crippen LogP contribution in [0.3, 0.4) is 0 Å². The Morgan fingerprint density at radius 3 is 2.42 bits per heavy atom. The van der Waals surface area contributed by atoms with Crippen LogP contribution in [0.2, 0.25) is 5.02 Å². The monoisotopic (exact) mass is 198 g/mol. The van der Waals surface area contributed by atoms with Gasteiger partial charge < -0.3 is 5.11 Å². The zero-order valence-corrected chi connectivity index (χ0v) is 6.10. The number of halogens is 2. The molecule has 12 heavy (non-hydrogen) atoms. The van der Waals surface area contributed by atoms with E-state index in [9.17, 15) is 9.18 Å². The van der Waals surface area contributed by atoms with Gasteiger partial charge in [0.25, 0.3) is 0 Å². The standard InChI is InChI=1S/C7H4ClFO2.Na.H/c8-4-2-1-3-5(9)6(4)7(10)11;;/h1-3H,(H,10,11);;. The second-order valence-electron chi connectivity index (χ2n) is 1.90. The average molecular weight is 199 g/mol. The summed E-state index contributed by atoms with van der Waals surface area (Å²) in [5.74, 6) is -2.17. The van der Waals surface area contributed by atoms with Crippen LogP contribution in [0.5, 0.6) is 0 Å². The van der Waals surface area contributed by atoms with Crippen LogP contribution in [0.1, 0.15) is 10.4 Å². The molecule has 0 spiro atoms. The molecule has 0 atom stereocenters. The van der Waals surface area contributed by atoms with Crippen LogP contribution in [0.4, 0.5) is 4.39 Å². The fraction of sp³-hybridized carbons (Fsp3) is 0. The van der Waals surface area contributed by atoms with Gasteiger partial charge in [-0.2, -0.15) is 0 Å². The Balaban J connectivity index is 0.00000121. The number of aromatic carboxylic acids is 1. The van der Waals surface area contributed by atoms with Gasteiger partial charge in [-0.1, -0.05) is 17.7 Å². The van der Waals surface area contributed by atoms with E-state index in [1.807, 2.05) is 0 Å². The summed E-state index contributed by atoms with van der Waals surface area (Å²) in [7, 11) is 0. The number of rotatable bonds is 1. The van der Waals surface area contributed by atoms with E-state index in [-0.39, 0.29) is 34.6 Å². The summed E-state index contributed by atoms with van der Waals surface area (Å²) in [6, 6.07) is 3.73. The molecule has 0 amide bonds. The minimum atomic E-state index is -1.35. The van der Waals surface area contributed by atoms with Gasteiger partial charge in [0.1, 0.15) is 11.4 Å². The third kappa shape index (κ3) is 2.45. The first-order valence-electron chi connectivity index (χ1n) is 2.80. The van der Waals surface area contributed by atoms with Gasteiger partial charge in [0.2, 0.25) is 0 Å². The van der Waals surface area contributed by atoms with Gasteiger partial charge in [0.15, 0.2) is 0 Å². The predicted molar refractivity (Wildman–Crippen MR) is 45.5 cm³/mol. The van der Waals surface area contributed by atoms with Crippen LogP contribution in [0, 0.1) is 5.82 Å². The molecule has 0 saturated heterocycles. The van der Waals surface area contributed by atoms with Crippen LogP contribution < -0.4 is 0 Å². The summed E-state index contributed by atoms with van der Waals surface area (Å²) in [4.78, 5) is 10.3. The molecule has 0 bridgehead atoms. The second kappa shape index (κ2) is 4.82. The number of benzene rings is 1. The molecule has 1 aromatic rings. The molecular formula is C7H5ClFNaO2. The van der Waals surface area contributed by atoms with Crippen LogP contribution in [0.25, 0.3) is 0 Å². The van der Waals surface area contributed by atoms with Gasteiger partial charge in [-0.15, -0.1) is 0 Å². The molecule has 0 aliphatic rings. The maximum absolute atomic E-state index is 12.6. The van der Waals surface area contributed by atoms with Crippen molar-refractivity contribution in [1.82, 2.24) is 0 Å². The van der Waals surface area contributed by atoms with Crippen molar-refractivity contribution in [3.63, 3.8) is 0 Å². The number of hydrogen-bond donors (Lipinski definition) is 1. The maximum atomic E-state index is 12.6. The van der Waals surface area contributed by atoms with Crippen molar-refractivity contribution in [2.75, 3.05) is 0 Å². The third-order valence-electron chi connectivity index (χ3n) is 1.18. The van der Waals surface area contributed by atoms with Crippen LogP contribution in [-0.4, -0.2) is 40.6 Å². The molecule has 0 aliphatic heterocycles. The molecule has 0 heterocycles. The van der Waals surface area contributed by atoms with Crippen molar-refractivity contribution < 1.29 is 14.3 Å². The van der Waals surface area contributed by atoms with Crippen molar-refractivity contribution in [3.8, 4) is 0 Å². The predicted octanol–water partition coefficient (Wildman–Crippen LogP) is 1.53. The molecule has 0 aliphatic carbocycles. The Morgan fingerprint density at radius 2 is 2.08 bits per heavy atom. The molecule has 1 aromatic carbocycles. The van der Waals surface area contributed by atoms with Crippen molar-refractivity contribution >= 4 is 47.1 Å². The van der Waals surface area contributed by atoms with Gasteiger partial charge in [-0.3, -0.25) is 0 Å². The zero-order chi connectivity index (χ0) is 8.43. The van der Waals surface area contributed by atoms with E-state index in [1.54, 1.807) is 0 Å². The molecule has 0 radical (unpaired) electrons. The number of hydrogen-bond acceptors (Lipinski definition) is 1. The first-order valence-corrected chi connectivity index (χ1v) is 3.18. The van der Waals surface area contributed by atoms with E-state index in [1.165, 1.54) is 12.1 Å². The first kappa shape index (κ1) is 11.9. The molecule has 2 nitrogen and oxygen atoms in total. The normalized spacial score (nSPS) is 8.83. The molecule has 1 N–H and O–H groups in total. The number of carboxylic acid groups (broad SMARTS) is 1. The summed E-state index contributed by atoms with van der Waals surface area (Å²) in [6.07, 6.45) is 0. The first-order chi connectivity index (χ1) is 5.13. The van der Waals surface area contributed by atoms with E-state index >= 15 is 0 Å². The van der Waals surface area contributed by atoms with Gasteiger partial charge in [-0.25, -0.2) is 9.18 Å². The quantitative estimate of drug-likeness (QED) is 0.695. The summed E-state index contributed by atoms with van der Waals surface area (Å²) < 4.78 is 12.6. The summed E-state index contributed by atoms with van der Waals surface area (Å²) in [6.45, 7) is 0. The Hall–Kier alpha value is -0.0900. The number of carboxylic acids is 1. The molecule has 0 unspecified atom stereocenters. The molecular weight excluding hydrogens is 194 g/mol.